The summed E-state index contributed by atoms with van der Waals surface area (Å²) < 4.78 is 108. The number of nitrogens with one attached hydrogen (secondary N) is 3. The van der Waals surface area contributed by atoms with Gasteiger partial charge in [0.25, 0.3) is 41.8 Å². The van der Waals surface area contributed by atoms with Crippen LogP contribution in [0.5, 0.6) is 0 Å². The van der Waals surface area contributed by atoms with Crippen molar-refractivity contribution in [2.45, 2.75) is 115 Å². The van der Waals surface area contributed by atoms with Crippen LogP contribution in [0.2, 0.25) is 0 Å². The third-order valence-corrected chi connectivity index (χ3v) is 18.1. The van der Waals surface area contributed by atoms with Gasteiger partial charge in [-0.1, -0.05) is 62.4 Å². The van der Waals surface area contributed by atoms with Crippen molar-refractivity contribution < 1.29 is 62.9 Å². The standard InChI is InChI=1S/C63H73N9O14S3/c1-7-41(36-50(60(75)76)68-58(73)45-19-23-46(24-20-45)65-37-47-38-66-57-55(67-47)59(74)70-61(64)69-57)14-13-31-86-56-43(21-27-53-62(3,4)48-34-40(2)17-25-51(48)71(53)29-8-10-32-87(77,78)79)15-12-16-44(56)22-28-54-63(5,6)49-35-42(39-89(83,84)85)18-26-52(49)72(54)30-9-11-33-88(80,81)82/h7,13-14,17-28,31,34-35,38,50H,1,8-12,15-16,29-30,32-33,36-37,39H2,2-6H3,(H8-,64,65,66,68,69,70,73,74,75,76,77,78,79,80,81,82,83,84,85)/p+1/b31-13+,41-14+/t50-/m0/s1/i7+1,13+1,14+1,31+1,36+1,41+1,50+1,60+1. The van der Waals surface area contributed by atoms with Gasteiger partial charge in [0.1, 0.15) is 24.1 Å². The molecule has 4 heterocycles. The Bertz CT molecular complexity index is 4240. The molecule has 2 aliphatic heterocycles. The van der Waals surface area contributed by atoms with Gasteiger partial charge in [-0.3, -0.25) is 28.2 Å². The van der Waals surface area contributed by atoms with Crippen LogP contribution >= 0.6 is 0 Å². The first-order valence-corrected chi connectivity index (χ1v) is 33.6. The molecule has 0 bridgehead atoms. The molecule has 89 heavy (non-hydrogen) atoms. The maximum atomic E-state index is 13.5. The lowest BCUT2D eigenvalue weighted by Crippen LogP contribution is -2.41. The number of aromatic nitrogens is 4. The van der Waals surface area contributed by atoms with Gasteiger partial charge in [-0.15, -0.1) is 0 Å². The van der Waals surface area contributed by atoms with Crippen molar-refractivity contribution in [3.63, 3.8) is 0 Å². The molecule has 8 rings (SSSR count). The average Bonchev–Trinajstić information content (AvgIpc) is 1.65. The van der Waals surface area contributed by atoms with Crippen LogP contribution in [0, 0.1) is 6.92 Å². The third-order valence-electron chi connectivity index (χ3n) is 15.8. The zero-order valence-corrected chi connectivity index (χ0v) is 52.5. The highest BCUT2D eigenvalue weighted by Crippen LogP contribution is 2.49. The van der Waals surface area contributed by atoms with Crippen LogP contribution in [-0.2, 0) is 63.0 Å². The Morgan fingerprint density at radius 3 is 2.28 bits per heavy atom. The zero-order chi connectivity index (χ0) is 64.6. The molecule has 5 aromatic rings. The molecule has 0 saturated heterocycles. The zero-order valence-electron chi connectivity index (χ0n) is 50.1. The summed E-state index contributed by atoms with van der Waals surface area (Å²) in [5, 5.41) is 16.1. The number of nitrogens with two attached hydrogens (primary N) is 1. The normalized spacial score (nSPS) is 17.3. The first-order valence-electron chi connectivity index (χ1n) is 28.8. The van der Waals surface area contributed by atoms with Gasteiger partial charge in [0.05, 0.1) is 41.6 Å². The summed E-state index contributed by atoms with van der Waals surface area (Å²) in [6, 6.07) is 16.3. The molecule has 1 atom stereocenters. The molecule has 3 aliphatic rings. The van der Waals surface area contributed by atoms with Crippen molar-refractivity contribution in [3.8, 4) is 0 Å². The fraction of sp³-hybridized carbons (Fsp3) is 0.349. The minimum atomic E-state index is -4.37. The number of carbonyl (C=O) groups excluding carboxylic acids is 1. The number of carbonyl (C=O) groups is 2. The molecule has 0 fully saturated rings. The first kappa shape index (κ1) is 66.6. The molecule has 0 radical (unpaired) electrons. The quantitative estimate of drug-likeness (QED) is 0.00607. The van der Waals surface area contributed by atoms with Gasteiger partial charge in [-0.25, -0.2) is 14.8 Å². The van der Waals surface area contributed by atoms with E-state index in [1.807, 2.05) is 49.6 Å². The van der Waals surface area contributed by atoms with Crippen LogP contribution in [0.4, 0.5) is 23.0 Å². The van der Waals surface area contributed by atoms with E-state index in [0.717, 1.165) is 57.0 Å². The SMILES string of the molecule is C=[13CH]/[13C](=[13CH]\[13CH]=[13CH]\OC1=C(/C=C/C2=[N+](CCCCS(=O)(=O)O)c3ccc(CS(=O)(=O)O)cc3C2(C)C)CCC/C1=C\C=C1\N(CCCCS(=O)(=O)O)c2ccc(C)cc2C1(C)C)[13CH2][13C@H](NC(=O)c1ccc(NCc2cnc3nc(N)[nH]c(=O)c3n2)cc1)[13C](=O)O. The maximum absolute atomic E-state index is 13.5. The number of aromatic amines is 1. The highest BCUT2D eigenvalue weighted by atomic mass is 32.2. The Hall–Kier alpha value is -8.40. The molecule has 1 aliphatic carbocycles. The Labute approximate surface area is 517 Å². The second kappa shape index (κ2) is 27.6. The van der Waals surface area contributed by atoms with E-state index in [1.54, 1.807) is 42.5 Å². The number of H-pyrrole nitrogens is 1. The smallest absolute Gasteiger partial charge is 0.326 e. The van der Waals surface area contributed by atoms with Crippen molar-refractivity contribution in [2.75, 3.05) is 40.5 Å². The number of fused-ring (bicyclic) bond motifs is 3. The number of anilines is 3. The molecule has 0 saturated carbocycles. The van der Waals surface area contributed by atoms with Crippen LogP contribution in [-0.4, -0.2) is 117 Å². The van der Waals surface area contributed by atoms with Gasteiger partial charge in [0.2, 0.25) is 11.6 Å². The number of benzene rings is 3. The summed E-state index contributed by atoms with van der Waals surface area (Å²) in [5.74, 6) is -2.86. The Balaban J connectivity index is 1.08. The lowest BCUT2D eigenvalue weighted by atomic mass is 9.80. The molecular formula is C63H74N9O14S3+. The third kappa shape index (κ3) is 17.1. The highest BCUT2D eigenvalue weighted by molar-refractivity contribution is 7.86. The molecule has 26 heteroatoms. The molecule has 1 amide bonds. The molecule has 2 aromatic heterocycles. The number of unbranched alkanes of at least 4 members (excludes halogenated alkanes) is 2. The summed E-state index contributed by atoms with van der Waals surface area (Å²) in [5.41, 5.74) is 14.1. The Morgan fingerprint density at radius 1 is 0.876 bits per heavy atom. The van der Waals surface area contributed by atoms with Gasteiger partial charge < -0.3 is 31.1 Å². The van der Waals surface area contributed by atoms with E-state index in [1.165, 1.54) is 30.7 Å². The number of hydrogen-bond acceptors (Lipinski definition) is 16. The largest absolute Gasteiger partial charge is 0.480 e. The fourth-order valence-corrected chi connectivity index (χ4v) is 13.0. The predicted molar refractivity (Wildman–Crippen MR) is 342 cm³/mol. The monoisotopic (exact) mass is 1280 g/mol. The van der Waals surface area contributed by atoms with Crippen molar-refractivity contribution in [3.05, 3.63) is 194 Å². The number of ether oxygens (including phenoxy) is 1. The number of carboxylic acids is 1. The van der Waals surface area contributed by atoms with Crippen molar-refractivity contribution in [2.24, 2.45) is 0 Å². The fourth-order valence-electron chi connectivity index (χ4n) is 11.3. The van der Waals surface area contributed by atoms with Crippen molar-refractivity contribution in [1.82, 2.24) is 25.3 Å². The van der Waals surface area contributed by atoms with Crippen LogP contribution < -0.4 is 26.8 Å². The number of hydrogen-bond donors (Lipinski definition) is 8. The number of amides is 1. The maximum Gasteiger partial charge on any atom is 0.326 e. The molecule has 0 spiro atoms. The molecule has 23 nitrogen and oxygen atoms in total. The molecular weight excluding hydrogens is 1210 g/mol. The van der Waals surface area contributed by atoms with E-state index in [2.05, 4.69) is 74.1 Å². The minimum Gasteiger partial charge on any atom is -0.480 e. The van der Waals surface area contributed by atoms with Gasteiger partial charge in [-0.05, 0) is 142 Å². The van der Waals surface area contributed by atoms with Gasteiger partial charge in [-0.2, -0.15) is 34.8 Å². The highest BCUT2D eigenvalue weighted by Gasteiger charge is 2.45. The van der Waals surface area contributed by atoms with Crippen LogP contribution in [0.15, 0.2) is 155 Å². The van der Waals surface area contributed by atoms with Gasteiger partial charge >= 0.3 is 5.97 Å². The van der Waals surface area contributed by atoms with E-state index in [9.17, 15) is 58.4 Å². The number of aryl methyl sites for hydroxylation is 1. The molecule has 3 aromatic carbocycles. The average molecular weight is 1290 g/mol. The number of nitrogens with zero attached hydrogens (tertiary/aromatic N) is 5. The second-order valence-electron chi connectivity index (χ2n) is 23.2. The minimum absolute atomic E-state index is 0.0253. The number of aliphatic carboxylic acids is 1. The van der Waals surface area contributed by atoms with Crippen LogP contribution in [0.1, 0.15) is 117 Å². The molecule has 472 valence electrons. The topological polar surface area (TPSA) is 355 Å². The van der Waals surface area contributed by atoms with E-state index < -0.39 is 76.2 Å². The number of allylic oxidation sites excluding steroid dienone is 10. The first-order chi connectivity index (χ1) is 41.9. The van der Waals surface area contributed by atoms with Crippen LogP contribution in [0.3, 0.4) is 0 Å². The predicted octanol–water partition coefficient (Wildman–Crippen LogP) is 8.83. The lowest BCUT2D eigenvalue weighted by molar-refractivity contribution is -0.438. The lowest BCUT2D eigenvalue weighted by Gasteiger charge is -2.27. The molecule has 9 N–H and O–H groups in total. The summed E-state index contributed by atoms with van der Waals surface area (Å²) in [7, 11) is -12.7. The van der Waals surface area contributed by atoms with E-state index in [4.69, 9.17) is 10.5 Å². The van der Waals surface area contributed by atoms with E-state index in [-0.39, 0.29) is 54.2 Å². The number of nitrogen functional groups attached to an aromatic ring is 1. The van der Waals surface area contributed by atoms with Crippen molar-refractivity contribution >= 4 is 82.1 Å². The van der Waals surface area contributed by atoms with E-state index >= 15 is 0 Å². The number of rotatable bonds is 27. The summed E-state index contributed by atoms with van der Waals surface area (Å²) in [4.78, 5) is 55.5. The Kier molecular flexibility index (Phi) is 20.6. The van der Waals surface area contributed by atoms with Crippen molar-refractivity contribution in [1.29, 1.82) is 0 Å². The molecule has 0 unspecified atom stereocenters. The second-order valence-corrected chi connectivity index (χ2v) is 27.8. The number of carboxylic acid groups (broad SMARTS) is 1. The summed E-state index contributed by atoms with van der Waals surface area (Å²) in [6.45, 7) is 15.2. The van der Waals surface area contributed by atoms with E-state index in [0.29, 0.717) is 67.0 Å². The van der Waals surface area contributed by atoms with Gasteiger partial charge in [0, 0.05) is 65.1 Å². The Morgan fingerprint density at radius 2 is 1.60 bits per heavy atom. The van der Waals surface area contributed by atoms with Crippen LogP contribution in [0.25, 0.3) is 11.2 Å². The van der Waals surface area contributed by atoms with Gasteiger partial charge in [0.15, 0.2) is 16.9 Å². The summed E-state index contributed by atoms with van der Waals surface area (Å²) >= 11 is 0. The summed E-state index contributed by atoms with van der Waals surface area (Å²) in [6.07, 6.45) is 18.7.